The molecule has 3 fully saturated rings. The van der Waals surface area contributed by atoms with Crippen molar-refractivity contribution in [2.45, 2.75) is 37.9 Å². The number of aromatic amines is 1. The van der Waals surface area contributed by atoms with Crippen molar-refractivity contribution in [2.75, 3.05) is 33.0 Å². The second-order valence-electron chi connectivity index (χ2n) is 9.75. The number of benzene rings is 1. The van der Waals surface area contributed by atoms with Gasteiger partial charge in [0.05, 0.1) is 44.1 Å². The molecule has 3 saturated heterocycles. The smallest absolute Gasteiger partial charge is 0.296 e. The highest BCUT2D eigenvalue weighted by Gasteiger charge is 2.48. The number of fused-ring (bicyclic) bond motifs is 2. The van der Waals surface area contributed by atoms with E-state index >= 15 is 0 Å². The first-order valence-electron chi connectivity index (χ1n) is 11.7. The van der Waals surface area contributed by atoms with E-state index in [-0.39, 0.29) is 52.5 Å². The summed E-state index contributed by atoms with van der Waals surface area (Å²) in [6, 6.07) is 3.91. The highest BCUT2D eigenvalue weighted by molar-refractivity contribution is 6.32. The summed E-state index contributed by atoms with van der Waals surface area (Å²) in [5.41, 5.74) is 0.256. The van der Waals surface area contributed by atoms with Crippen LogP contribution in [-0.4, -0.2) is 77.5 Å². The number of aliphatic hydroxyl groups is 1. The fraction of sp³-hybridized carbons (Fsp3) is 0.500. The highest BCUT2D eigenvalue weighted by atomic mass is 35.5. The van der Waals surface area contributed by atoms with E-state index in [9.17, 15) is 13.9 Å². The molecule has 0 spiro atoms. The number of aliphatic hydroxyl groups excluding tert-OH is 1. The standard InChI is InChI=1S/C24H24ClF2N3O7/c1-24(8-32-9-24)10-36-11-2-14(26)12(15(27)3-11)5-35-22-13(25)4-16-21(29-22)30-23(28-16)37-18-7-34-19-17(31)6-33-20(18)19/h2-4,17-20,31H,5-10H2,1H3,(H,28,29,30)/t17-,18-,19?,20-/m1/s1. The molecule has 3 aromatic rings. The van der Waals surface area contributed by atoms with Gasteiger partial charge in [0.2, 0.25) is 5.88 Å². The van der Waals surface area contributed by atoms with Crippen LogP contribution >= 0.6 is 11.6 Å². The largest absolute Gasteiger partial charge is 0.493 e. The fourth-order valence-electron chi connectivity index (χ4n) is 4.46. The first kappa shape index (κ1) is 24.6. The van der Waals surface area contributed by atoms with Crippen LogP contribution in [-0.2, 0) is 20.8 Å². The molecule has 198 valence electrons. The summed E-state index contributed by atoms with van der Waals surface area (Å²) in [7, 11) is 0. The van der Waals surface area contributed by atoms with Crippen molar-refractivity contribution in [3.63, 3.8) is 0 Å². The molecule has 0 bridgehead atoms. The molecule has 1 aromatic carbocycles. The molecule has 0 aliphatic carbocycles. The molecule has 10 nitrogen and oxygen atoms in total. The third kappa shape index (κ3) is 4.79. The van der Waals surface area contributed by atoms with E-state index in [1.807, 2.05) is 6.92 Å². The molecule has 2 aromatic heterocycles. The molecule has 0 amide bonds. The van der Waals surface area contributed by atoms with Gasteiger partial charge in [0.15, 0.2) is 11.8 Å². The summed E-state index contributed by atoms with van der Waals surface area (Å²) >= 11 is 6.28. The van der Waals surface area contributed by atoms with Crippen molar-refractivity contribution in [1.82, 2.24) is 15.0 Å². The summed E-state index contributed by atoms with van der Waals surface area (Å²) in [6.45, 7) is 3.32. The van der Waals surface area contributed by atoms with Crippen LogP contribution in [0.15, 0.2) is 18.2 Å². The number of aromatic nitrogens is 3. The minimum atomic E-state index is -0.811. The van der Waals surface area contributed by atoms with E-state index in [2.05, 4.69) is 15.0 Å². The number of ether oxygens (including phenoxy) is 6. The zero-order valence-corrected chi connectivity index (χ0v) is 20.5. The van der Waals surface area contributed by atoms with Crippen molar-refractivity contribution in [1.29, 1.82) is 0 Å². The van der Waals surface area contributed by atoms with E-state index in [1.54, 1.807) is 0 Å². The SMILES string of the molecule is CC1(COc2cc(F)c(COc3nc4nc(O[C@@H]5COC6[C@H](O)CO[C@@H]65)[nH]c4cc3Cl)c(F)c2)COC1. The van der Waals surface area contributed by atoms with Gasteiger partial charge < -0.3 is 38.5 Å². The van der Waals surface area contributed by atoms with Crippen molar-refractivity contribution in [3.8, 4) is 17.6 Å². The average Bonchev–Trinajstić information content (AvgIpc) is 3.52. The molecule has 3 aliphatic rings. The van der Waals surface area contributed by atoms with Gasteiger partial charge in [-0.25, -0.2) is 8.78 Å². The highest BCUT2D eigenvalue weighted by Crippen LogP contribution is 2.32. The van der Waals surface area contributed by atoms with Gasteiger partial charge in [-0.2, -0.15) is 9.97 Å². The Bertz CT molecular complexity index is 1300. The van der Waals surface area contributed by atoms with Gasteiger partial charge in [0.25, 0.3) is 6.01 Å². The van der Waals surface area contributed by atoms with Gasteiger partial charge in [-0.1, -0.05) is 18.5 Å². The quantitative estimate of drug-likeness (QED) is 0.445. The second-order valence-corrected chi connectivity index (χ2v) is 10.2. The van der Waals surface area contributed by atoms with Crippen LogP contribution in [0.2, 0.25) is 5.02 Å². The summed E-state index contributed by atoms with van der Waals surface area (Å²) < 4.78 is 62.5. The van der Waals surface area contributed by atoms with E-state index in [0.29, 0.717) is 25.3 Å². The normalized spacial score (nSPS) is 26.2. The summed E-state index contributed by atoms with van der Waals surface area (Å²) in [5.74, 6) is -1.58. The van der Waals surface area contributed by atoms with Gasteiger partial charge in [0, 0.05) is 17.5 Å². The number of pyridine rings is 1. The summed E-state index contributed by atoms with van der Waals surface area (Å²) in [6.07, 6.45) is -2.00. The lowest BCUT2D eigenvalue weighted by Gasteiger charge is -2.37. The molecule has 1 unspecified atom stereocenters. The number of nitrogens with zero attached hydrogens (tertiary/aromatic N) is 2. The molecule has 0 radical (unpaired) electrons. The maximum Gasteiger partial charge on any atom is 0.296 e. The first-order valence-corrected chi connectivity index (χ1v) is 12.1. The van der Waals surface area contributed by atoms with Crippen LogP contribution in [0.4, 0.5) is 8.78 Å². The van der Waals surface area contributed by atoms with Crippen molar-refractivity contribution >= 4 is 22.8 Å². The van der Waals surface area contributed by atoms with Crippen molar-refractivity contribution in [3.05, 3.63) is 40.4 Å². The van der Waals surface area contributed by atoms with Crippen LogP contribution in [0.5, 0.6) is 17.6 Å². The maximum absolute atomic E-state index is 14.6. The van der Waals surface area contributed by atoms with E-state index in [4.69, 9.17) is 40.0 Å². The van der Waals surface area contributed by atoms with Gasteiger partial charge >= 0.3 is 0 Å². The number of H-pyrrole nitrogens is 1. The maximum atomic E-state index is 14.6. The Morgan fingerprint density at radius 2 is 1.86 bits per heavy atom. The molecular formula is C24H24ClF2N3O7. The molecule has 0 saturated carbocycles. The minimum absolute atomic E-state index is 0.0456. The van der Waals surface area contributed by atoms with Crippen LogP contribution in [0.3, 0.4) is 0 Å². The van der Waals surface area contributed by atoms with E-state index < -0.39 is 42.7 Å². The zero-order chi connectivity index (χ0) is 25.7. The fourth-order valence-corrected chi connectivity index (χ4v) is 4.66. The molecule has 4 atom stereocenters. The van der Waals surface area contributed by atoms with Crippen molar-refractivity contribution in [2.24, 2.45) is 5.41 Å². The Balaban J connectivity index is 1.12. The Morgan fingerprint density at radius 1 is 1.11 bits per heavy atom. The van der Waals surface area contributed by atoms with Crippen LogP contribution in [0.1, 0.15) is 12.5 Å². The lowest BCUT2D eigenvalue weighted by atomic mass is 9.90. The Morgan fingerprint density at radius 3 is 2.59 bits per heavy atom. The molecule has 37 heavy (non-hydrogen) atoms. The summed E-state index contributed by atoms with van der Waals surface area (Å²) in [5, 5.41) is 10.00. The minimum Gasteiger partial charge on any atom is -0.493 e. The van der Waals surface area contributed by atoms with Crippen LogP contribution in [0, 0.1) is 17.0 Å². The number of imidazole rings is 1. The number of nitrogens with one attached hydrogen (secondary N) is 1. The number of rotatable bonds is 8. The monoisotopic (exact) mass is 539 g/mol. The molecular weight excluding hydrogens is 516 g/mol. The van der Waals surface area contributed by atoms with Gasteiger partial charge in [-0.05, 0) is 6.07 Å². The third-order valence-electron chi connectivity index (χ3n) is 6.57. The zero-order valence-electron chi connectivity index (χ0n) is 19.7. The first-order chi connectivity index (χ1) is 17.8. The number of halogens is 3. The van der Waals surface area contributed by atoms with E-state index in [1.165, 1.54) is 6.07 Å². The van der Waals surface area contributed by atoms with Crippen LogP contribution < -0.4 is 14.2 Å². The second kappa shape index (κ2) is 9.52. The lowest BCUT2D eigenvalue weighted by molar-refractivity contribution is -0.120. The average molecular weight is 540 g/mol. The number of hydrogen-bond donors (Lipinski definition) is 2. The van der Waals surface area contributed by atoms with Crippen molar-refractivity contribution < 1.29 is 42.3 Å². The molecule has 5 heterocycles. The summed E-state index contributed by atoms with van der Waals surface area (Å²) in [4.78, 5) is 11.5. The van der Waals surface area contributed by atoms with Gasteiger partial charge in [-0.3, -0.25) is 0 Å². The Labute approximate surface area is 214 Å². The molecule has 6 rings (SSSR count). The van der Waals surface area contributed by atoms with Gasteiger partial charge in [0.1, 0.15) is 47.3 Å². The molecule has 13 heteroatoms. The molecule has 2 N–H and O–H groups in total. The Hall–Kier alpha value is -2.77. The van der Waals surface area contributed by atoms with Crippen LogP contribution in [0.25, 0.3) is 11.2 Å². The topological polar surface area (TPSA) is 117 Å². The predicted molar refractivity (Wildman–Crippen MR) is 124 cm³/mol. The third-order valence-corrected chi connectivity index (χ3v) is 6.84. The van der Waals surface area contributed by atoms with E-state index in [0.717, 1.165) is 12.1 Å². The number of hydrogen-bond acceptors (Lipinski definition) is 9. The predicted octanol–water partition coefficient (Wildman–Crippen LogP) is 2.79. The van der Waals surface area contributed by atoms with Gasteiger partial charge in [-0.15, -0.1) is 0 Å². The lowest BCUT2D eigenvalue weighted by Crippen LogP contribution is -2.44. The molecule has 3 aliphatic heterocycles. The Kier molecular flexibility index (Phi) is 6.32.